The Balaban J connectivity index is 1.38. The van der Waals surface area contributed by atoms with Crippen LogP contribution in [0, 0.1) is 0 Å². The van der Waals surface area contributed by atoms with Gasteiger partial charge in [0, 0.05) is 10.5 Å². The number of esters is 1. The van der Waals surface area contributed by atoms with E-state index in [1.807, 2.05) is 66.7 Å². The molecule has 2 fully saturated rings. The first-order chi connectivity index (χ1) is 16.2. The zero-order valence-corrected chi connectivity index (χ0v) is 18.5. The Kier molecular flexibility index (Phi) is 6.75. The second-order valence-electron chi connectivity index (χ2n) is 7.88. The lowest BCUT2D eigenvalue weighted by atomic mass is 9.98. The number of hydrogen-bond donors (Lipinski definition) is 1. The molecule has 0 bridgehead atoms. The summed E-state index contributed by atoms with van der Waals surface area (Å²) in [7, 11) is 0. The summed E-state index contributed by atoms with van der Waals surface area (Å²) in [6, 6.07) is 27.9. The number of benzene rings is 3. The van der Waals surface area contributed by atoms with E-state index in [0.717, 1.165) is 10.5 Å². The van der Waals surface area contributed by atoms with Gasteiger partial charge in [-0.15, -0.1) is 0 Å². The first-order valence-electron chi connectivity index (χ1n) is 10.8. The van der Waals surface area contributed by atoms with Gasteiger partial charge in [0.2, 0.25) is 0 Å². The van der Waals surface area contributed by atoms with Gasteiger partial charge >= 0.3 is 5.97 Å². The van der Waals surface area contributed by atoms with Crippen molar-refractivity contribution in [2.75, 3.05) is 6.61 Å². The molecule has 7 heteroatoms. The highest BCUT2D eigenvalue weighted by atomic mass is 32.2. The van der Waals surface area contributed by atoms with Crippen molar-refractivity contribution in [3.63, 3.8) is 0 Å². The van der Waals surface area contributed by atoms with E-state index in [1.54, 1.807) is 24.3 Å². The van der Waals surface area contributed by atoms with E-state index in [9.17, 15) is 9.90 Å². The largest absolute Gasteiger partial charge is 0.452 e. The fourth-order valence-corrected chi connectivity index (χ4v) is 5.10. The van der Waals surface area contributed by atoms with Crippen molar-refractivity contribution in [2.45, 2.75) is 41.0 Å². The first kappa shape index (κ1) is 22.1. The van der Waals surface area contributed by atoms with E-state index < -0.39 is 42.1 Å². The number of fused-ring (bicyclic) bond motifs is 1. The van der Waals surface area contributed by atoms with Crippen LogP contribution in [0.15, 0.2) is 95.9 Å². The van der Waals surface area contributed by atoms with Crippen molar-refractivity contribution < 1.29 is 28.8 Å². The summed E-state index contributed by atoms with van der Waals surface area (Å²) >= 11 is 1.40. The number of carbonyl (C=O) groups excluding carboxylic acids is 1. The monoisotopic (exact) mass is 464 g/mol. The average molecular weight is 465 g/mol. The Bertz CT molecular complexity index is 1050. The molecule has 2 aliphatic heterocycles. The molecule has 33 heavy (non-hydrogen) atoms. The molecule has 4 unspecified atom stereocenters. The van der Waals surface area contributed by atoms with Crippen LogP contribution in [0.4, 0.5) is 0 Å². The van der Waals surface area contributed by atoms with E-state index in [-0.39, 0.29) is 6.61 Å². The zero-order valence-electron chi connectivity index (χ0n) is 17.7. The van der Waals surface area contributed by atoms with Gasteiger partial charge in [0.1, 0.15) is 23.7 Å². The molecule has 0 aliphatic carbocycles. The summed E-state index contributed by atoms with van der Waals surface area (Å²) in [6.45, 7) is 0.256. The lowest BCUT2D eigenvalue weighted by molar-refractivity contribution is -0.317. The van der Waals surface area contributed by atoms with Gasteiger partial charge < -0.3 is 24.1 Å². The number of rotatable bonds is 5. The van der Waals surface area contributed by atoms with Crippen molar-refractivity contribution in [1.82, 2.24) is 0 Å². The molecule has 0 radical (unpaired) electrons. The van der Waals surface area contributed by atoms with Gasteiger partial charge in [-0.1, -0.05) is 78.5 Å². The Labute approximate surface area is 196 Å². The van der Waals surface area contributed by atoms with Crippen LogP contribution < -0.4 is 0 Å². The SMILES string of the molecule is O=C(OC1C(O)[C@@H]2OC(c3ccccc3)OCC2O[C@H]1Sc1ccccc1)c1ccccc1. The highest BCUT2D eigenvalue weighted by molar-refractivity contribution is 7.99. The van der Waals surface area contributed by atoms with Crippen LogP contribution in [0.5, 0.6) is 0 Å². The summed E-state index contributed by atoms with van der Waals surface area (Å²) in [5, 5.41) is 11.3. The highest BCUT2D eigenvalue weighted by Gasteiger charge is 2.51. The predicted octanol–water partition coefficient (Wildman–Crippen LogP) is 4.20. The molecule has 0 aromatic heterocycles. The van der Waals surface area contributed by atoms with Crippen molar-refractivity contribution in [2.24, 2.45) is 0 Å². The molecule has 170 valence electrons. The van der Waals surface area contributed by atoms with E-state index in [2.05, 4.69) is 0 Å². The fraction of sp³-hybridized carbons (Fsp3) is 0.269. The Morgan fingerprint density at radius 2 is 1.52 bits per heavy atom. The van der Waals surface area contributed by atoms with Crippen molar-refractivity contribution in [3.05, 3.63) is 102 Å². The van der Waals surface area contributed by atoms with Crippen LogP contribution >= 0.6 is 11.8 Å². The van der Waals surface area contributed by atoms with Crippen LogP contribution in [0.25, 0.3) is 0 Å². The Morgan fingerprint density at radius 3 is 2.21 bits per heavy atom. The van der Waals surface area contributed by atoms with Gasteiger partial charge in [-0.3, -0.25) is 0 Å². The molecule has 6 atom stereocenters. The van der Waals surface area contributed by atoms with E-state index in [0.29, 0.717) is 5.56 Å². The van der Waals surface area contributed by atoms with Crippen LogP contribution in [-0.4, -0.2) is 47.5 Å². The number of ether oxygens (including phenoxy) is 4. The highest BCUT2D eigenvalue weighted by Crippen LogP contribution is 2.40. The van der Waals surface area contributed by atoms with Crippen LogP contribution in [0.2, 0.25) is 0 Å². The van der Waals surface area contributed by atoms with Gasteiger partial charge in [-0.2, -0.15) is 0 Å². The maximum absolute atomic E-state index is 12.8. The minimum absolute atomic E-state index is 0.256. The second-order valence-corrected chi connectivity index (χ2v) is 9.05. The van der Waals surface area contributed by atoms with Crippen molar-refractivity contribution in [1.29, 1.82) is 0 Å². The molecule has 2 saturated heterocycles. The molecule has 0 amide bonds. The standard InChI is InChI=1S/C26H24O6S/c27-21-22-20(16-29-25(32-22)18-12-6-2-7-13-18)30-26(33-19-14-8-3-9-15-19)23(21)31-24(28)17-10-4-1-5-11-17/h1-15,20-23,25-27H,16H2/t20?,21?,22-,23?,25?,26+/m1/s1. The van der Waals surface area contributed by atoms with Crippen LogP contribution in [0.1, 0.15) is 22.2 Å². The third kappa shape index (κ3) is 4.98. The Hall–Kier alpha value is -2.68. The average Bonchev–Trinajstić information content (AvgIpc) is 2.88. The molecule has 2 heterocycles. The van der Waals surface area contributed by atoms with Gasteiger partial charge in [0.15, 0.2) is 12.4 Å². The zero-order chi connectivity index (χ0) is 22.6. The lowest BCUT2D eigenvalue weighted by Crippen LogP contribution is -2.61. The predicted molar refractivity (Wildman–Crippen MR) is 123 cm³/mol. The van der Waals surface area contributed by atoms with Gasteiger partial charge in [0.25, 0.3) is 0 Å². The summed E-state index contributed by atoms with van der Waals surface area (Å²) < 4.78 is 24.1. The fourth-order valence-electron chi connectivity index (χ4n) is 3.97. The van der Waals surface area contributed by atoms with Gasteiger partial charge in [-0.05, 0) is 24.3 Å². The lowest BCUT2D eigenvalue weighted by Gasteiger charge is -2.47. The summed E-state index contributed by atoms with van der Waals surface area (Å²) in [5.74, 6) is -0.521. The summed E-state index contributed by atoms with van der Waals surface area (Å²) in [4.78, 5) is 13.8. The molecule has 0 saturated carbocycles. The molecule has 5 rings (SSSR count). The van der Waals surface area contributed by atoms with E-state index in [4.69, 9.17) is 18.9 Å². The molecule has 0 spiro atoms. The topological polar surface area (TPSA) is 74.2 Å². The normalized spacial score (nSPS) is 29.1. The summed E-state index contributed by atoms with van der Waals surface area (Å²) in [5.41, 5.74) is 0.629. The number of thioether (sulfide) groups is 1. The summed E-state index contributed by atoms with van der Waals surface area (Å²) in [6.07, 6.45) is -3.85. The van der Waals surface area contributed by atoms with E-state index >= 15 is 0 Å². The Morgan fingerprint density at radius 1 is 0.879 bits per heavy atom. The minimum Gasteiger partial charge on any atom is -0.452 e. The minimum atomic E-state index is -1.09. The first-order valence-corrected chi connectivity index (χ1v) is 11.7. The van der Waals surface area contributed by atoms with Crippen molar-refractivity contribution in [3.8, 4) is 0 Å². The maximum Gasteiger partial charge on any atom is 0.338 e. The molecule has 3 aromatic carbocycles. The smallest absolute Gasteiger partial charge is 0.338 e. The molecule has 1 N–H and O–H groups in total. The third-order valence-corrected chi connectivity index (χ3v) is 6.79. The van der Waals surface area contributed by atoms with Gasteiger partial charge in [-0.25, -0.2) is 4.79 Å². The van der Waals surface area contributed by atoms with Crippen LogP contribution in [0.3, 0.4) is 0 Å². The second kappa shape index (κ2) is 10.1. The molecule has 2 aliphatic rings. The number of hydrogen-bond acceptors (Lipinski definition) is 7. The van der Waals surface area contributed by atoms with Gasteiger partial charge in [0.05, 0.1) is 12.2 Å². The third-order valence-electron chi connectivity index (χ3n) is 5.63. The number of aliphatic hydroxyl groups is 1. The quantitative estimate of drug-likeness (QED) is 0.567. The molecule has 6 nitrogen and oxygen atoms in total. The number of carbonyl (C=O) groups is 1. The van der Waals surface area contributed by atoms with E-state index in [1.165, 1.54) is 11.8 Å². The molecule has 3 aromatic rings. The molecular weight excluding hydrogens is 440 g/mol. The van der Waals surface area contributed by atoms with Crippen molar-refractivity contribution >= 4 is 17.7 Å². The number of aliphatic hydroxyl groups excluding tert-OH is 1. The van der Waals surface area contributed by atoms with Crippen LogP contribution in [-0.2, 0) is 18.9 Å². The molecular formula is C26H24O6S. The maximum atomic E-state index is 12.8.